The zero-order valence-electron chi connectivity index (χ0n) is 9.92. The van der Waals surface area contributed by atoms with Gasteiger partial charge in [-0.2, -0.15) is 0 Å². The molecule has 1 amide bonds. The van der Waals surface area contributed by atoms with Gasteiger partial charge in [0.05, 0.1) is 5.92 Å². The molecule has 0 aliphatic rings. The Balaban J connectivity index is 4.21. The fraction of sp³-hybridized carbons (Fsp3) is 0.909. The maximum absolute atomic E-state index is 11.9. The van der Waals surface area contributed by atoms with E-state index in [4.69, 9.17) is 5.73 Å². The number of nitrogens with zero attached hydrogens (tertiary/aromatic N) is 1. The molecule has 0 saturated carbocycles. The molecule has 0 heterocycles. The Morgan fingerprint density at radius 3 is 2.36 bits per heavy atom. The molecule has 0 bridgehead atoms. The van der Waals surface area contributed by atoms with Crippen LogP contribution in [0.15, 0.2) is 0 Å². The largest absolute Gasteiger partial charge is 0.343 e. The average molecular weight is 200 g/mol. The Hall–Kier alpha value is -0.570. The number of hydrogen-bond donors (Lipinski definition) is 1. The minimum atomic E-state index is -0.000642. The van der Waals surface area contributed by atoms with Crippen molar-refractivity contribution < 1.29 is 4.79 Å². The summed E-state index contributed by atoms with van der Waals surface area (Å²) in [7, 11) is 1.88. The molecule has 84 valence electrons. The van der Waals surface area contributed by atoms with Crippen LogP contribution in [-0.4, -0.2) is 30.4 Å². The number of rotatable bonds is 6. The first-order valence-electron chi connectivity index (χ1n) is 5.55. The molecule has 0 radical (unpaired) electrons. The summed E-state index contributed by atoms with van der Waals surface area (Å²) >= 11 is 0. The van der Waals surface area contributed by atoms with Crippen molar-refractivity contribution in [3.63, 3.8) is 0 Å². The van der Waals surface area contributed by atoms with E-state index >= 15 is 0 Å². The predicted octanol–water partition coefficient (Wildman–Crippen LogP) is 1.62. The lowest BCUT2D eigenvalue weighted by Gasteiger charge is -2.28. The molecule has 0 aromatic rings. The van der Waals surface area contributed by atoms with Gasteiger partial charge < -0.3 is 10.6 Å². The zero-order valence-corrected chi connectivity index (χ0v) is 9.92. The minimum Gasteiger partial charge on any atom is -0.343 e. The minimum absolute atomic E-state index is 0.000642. The highest BCUT2D eigenvalue weighted by atomic mass is 16.2. The van der Waals surface area contributed by atoms with Gasteiger partial charge in [0.1, 0.15) is 0 Å². The Kier molecular flexibility index (Phi) is 6.54. The molecule has 2 N–H and O–H groups in total. The van der Waals surface area contributed by atoms with Gasteiger partial charge in [-0.15, -0.1) is 0 Å². The van der Waals surface area contributed by atoms with Crippen molar-refractivity contribution in [1.82, 2.24) is 4.90 Å². The molecule has 0 rings (SSSR count). The molecule has 0 aliphatic carbocycles. The van der Waals surface area contributed by atoms with E-state index in [1.54, 1.807) is 0 Å². The summed E-state index contributed by atoms with van der Waals surface area (Å²) < 4.78 is 0. The van der Waals surface area contributed by atoms with E-state index in [9.17, 15) is 4.79 Å². The SMILES string of the molecule is CCCC(C)N(C)C(=O)C(CC)CN. The smallest absolute Gasteiger partial charge is 0.226 e. The third kappa shape index (κ3) is 3.66. The lowest BCUT2D eigenvalue weighted by Crippen LogP contribution is -2.41. The molecule has 3 heteroatoms. The summed E-state index contributed by atoms with van der Waals surface area (Å²) in [5, 5.41) is 0. The van der Waals surface area contributed by atoms with Gasteiger partial charge in [-0.3, -0.25) is 4.79 Å². The highest BCUT2D eigenvalue weighted by Crippen LogP contribution is 2.10. The zero-order chi connectivity index (χ0) is 11.1. The van der Waals surface area contributed by atoms with Crippen molar-refractivity contribution in [2.45, 2.75) is 46.1 Å². The van der Waals surface area contributed by atoms with Crippen LogP contribution in [0.25, 0.3) is 0 Å². The maximum atomic E-state index is 11.9. The highest BCUT2D eigenvalue weighted by molar-refractivity contribution is 5.79. The number of carbonyl (C=O) groups is 1. The summed E-state index contributed by atoms with van der Waals surface area (Å²) in [6.45, 7) is 6.69. The van der Waals surface area contributed by atoms with Crippen LogP contribution < -0.4 is 5.73 Å². The topological polar surface area (TPSA) is 46.3 Å². The second kappa shape index (κ2) is 6.82. The first-order valence-corrected chi connectivity index (χ1v) is 5.55. The van der Waals surface area contributed by atoms with Gasteiger partial charge in [0.15, 0.2) is 0 Å². The van der Waals surface area contributed by atoms with Crippen molar-refractivity contribution in [3.8, 4) is 0 Å². The molecule has 0 aromatic carbocycles. The number of nitrogens with two attached hydrogens (primary N) is 1. The van der Waals surface area contributed by atoms with E-state index in [1.165, 1.54) is 0 Å². The molecule has 14 heavy (non-hydrogen) atoms. The maximum Gasteiger partial charge on any atom is 0.226 e. The van der Waals surface area contributed by atoms with Gasteiger partial charge in [0.25, 0.3) is 0 Å². The highest BCUT2D eigenvalue weighted by Gasteiger charge is 2.21. The standard InChI is InChI=1S/C11H24N2O/c1-5-7-9(3)13(4)11(14)10(6-2)8-12/h9-10H,5-8,12H2,1-4H3. The average Bonchev–Trinajstić information content (AvgIpc) is 2.18. The van der Waals surface area contributed by atoms with Gasteiger partial charge in [-0.1, -0.05) is 20.3 Å². The molecule has 0 saturated heterocycles. The first kappa shape index (κ1) is 13.4. The monoisotopic (exact) mass is 200 g/mol. The predicted molar refractivity (Wildman–Crippen MR) is 60.0 cm³/mol. The molecule has 3 nitrogen and oxygen atoms in total. The second-order valence-electron chi connectivity index (χ2n) is 3.93. The van der Waals surface area contributed by atoms with Crippen LogP contribution in [0.3, 0.4) is 0 Å². The number of hydrogen-bond acceptors (Lipinski definition) is 2. The molecule has 2 atom stereocenters. The quantitative estimate of drug-likeness (QED) is 0.708. The molecule has 0 spiro atoms. The fourth-order valence-corrected chi connectivity index (χ4v) is 1.56. The Morgan fingerprint density at radius 2 is 2.00 bits per heavy atom. The van der Waals surface area contributed by atoms with Gasteiger partial charge in [-0.05, 0) is 19.8 Å². The summed E-state index contributed by atoms with van der Waals surface area (Å²) in [6.07, 6.45) is 3.00. The van der Waals surface area contributed by atoms with Crippen LogP contribution in [0.2, 0.25) is 0 Å². The van der Waals surface area contributed by atoms with Crippen molar-refractivity contribution in [1.29, 1.82) is 0 Å². The Labute approximate surface area is 87.6 Å². The number of amides is 1. The van der Waals surface area contributed by atoms with Gasteiger partial charge in [0, 0.05) is 19.6 Å². The molecule has 0 aliphatic heterocycles. The Morgan fingerprint density at radius 1 is 1.43 bits per heavy atom. The third-order valence-corrected chi connectivity index (χ3v) is 2.84. The normalized spacial score (nSPS) is 14.9. The van der Waals surface area contributed by atoms with Gasteiger partial charge >= 0.3 is 0 Å². The molecule has 0 fully saturated rings. The van der Waals surface area contributed by atoms with Crippen LogP contribution >= 0.6 is 0 Å². The van der Waals surface area contributed by atoms with Crippen LogP contribution in [-0.2, 0) is 4.79 Å². The summed E-state index contributed by atoms with van der Waals surface area (Å²) in [5.41, 5.74) is 5.55. The van der Waals surface area contributed by atoms with E-state index in [0.717, 1.165) is 19.3 Å². The number of carbonyl (C=O) groups excluding carboxylic acids is 1. The van der Waals surface area contributed by atoms with E-state index < -0.39 is 0 Å². The lowest BCUT2D eigenvalue weighted by molar-refractivity contribution is -0.135. The van der Waals surface area contributed by atoms with Crippen molar-refractivity contribution in [2.75, 3.05) is 13.6 Å². The third-order valence-electron chi connectivity index (χ3n) is 2.84. The first-order chi connectivity index (χ1) is 6.58. The lowest BCUT2D eigenvalue weighted by atomic mass is 10.0. The van der Waals surface area contributed by atoms with Crippen LogP contribution in [0.5, 0.6) is 0 Å². The Bertz CT molecular complexity index is 167. The fourth-order valence-electron chi connectivity index (χ4n) is 1.56. The molecule has 0 aromatic heterocycles. The second-order valence-corrected chi connectivity index (χ2v) is 3.93. The van der Waals surface area contributed by atoms with Crippen LogP contribution in [0.4, 0.5) is 0 Å². The van der Waals surface area contributed by atoms with Gasteiger partial charge in [0.2, 0.25) is 5.91 Å². The van der Waals surface area contributed by atoms with E-state index in [-0.39, 0.29) is 11.8 Å². The van der Waals surface area contributed by atoms with Crippen molar-refractivity contribution in [2.24, 2.45) is 11.7 Å². The summed E-state index contributed by atoms with van der Waals surface area (Å²) in [6, 6.07) is 0.327. The van der Waals surface area contributed by atoms with E-state index in [1.807, 2.05) is 18.9 Å². The van der Waals surface area contributed by atoms with Crippen LogP contribution in [0, 0.1) is 5.92 Å². The van der Waals surface area contributed by atoms with Crippen LogP contribution in [0.1, 0.15) is 40.0 Å². The van der Waals surface area contributed by atoms with Crippen molar-refractivity contribution in [3.05, 3.63) is 0 Å². The van der Waals surface area contributed by atoms with Crippen molar-refractivity contribution >= 4 is 5.91 Å². The van der Waals surface area contributed by atoms with E-state index in [0.29, 0.717) is 12.6 Å². The molecule has 2 unspecified atom stereocenters. The van der Waals surface area contributed by atoms with E-state index in [2.05, 4.69) is 13.8 Å². The summed E-state index contributed by atoms with van der Waals surface area (Å²) in [4.78, 5) is 13.7. The summed E-state index contributed by atoms with van der Waals surface area (Å²) in [5.74, 6) is 0.190. The van der Waals surface area contributed by atoms with Gasteiger partial charge in [-0.25, -0.2) is 0 Å². The molecular formula is C11H24N2O. The molecular weight excluding hydrogens is 176 g/mol.